The third-order valence-corrected chi connectivity index (χ3v) is 10.4. The van der Waals surface area contributed by atoms with Gasteiger partial charge in [0.25, 0.3) is 0 Å². The van der Waals surface area contributed by atoms with Crippen LogP contribution in [0.5, 0.6) is 0 Å². The van der Waals surface area contributed by atoms with E-state index in [4.69, 9.17) is 25.8 Å². The lowest BCUT2D eigenvalue weighted by atomic mass is 9.75. The third kappa shape index (κ3) is 23.4. The fraction of sp³-hybridized carbons (Fsp3) is 0.705. The maximum absolute atomic E-state index is 12.2. The van der Waals surface area contributed by atoms with Crippen molar-refractivity contribution in [3.8, 4) is 0 Å². The fourth-order valence-corrected chi connectivity index (χ4v) is 7.06. The minimum Gasteiger partial charge on any atom is -0.545 e. The highest BCUT2D eigenvalue weighted by Gasteiger charge is 2.45. The number of Topliss-reactive ketones (excluding diaryl/α,β-unsaturated/α-hetero) is 1. The molecule has 0 amide bonds. The summed E-state index contributed by atoms with van der Waals surface area (Å²) in [6, 6.07) is 7.70. The van der Waals surface area contributed by atoms with Gasteiger partial charge in [-0.3, -0.25) is 14.4 Å². The summed E-state index contributed by atoms with van der Waals surface area (Å²) in [6.45, 7) is 3.86. The number of rotatable bonds is 29. The lowest BCUT2D eigenvalue weighted by molar-refractivity contribution is -0.698. The van der Waals surface area contributed by atoms with E-state index in [0.717, 1.165) is 63.4 Å². The van der Waals surface area contributed by atoms with Gasteiger partial charge in [-0.05, 0) is 37.8 Å². The molecule has 0 aliphatic heterocycles. The van der Waals surface area contributed by atoms with E-state index in [9.17, 15) is 29.1 Å². The van der Waals surface area contributed by atoms with Gasteiger partial charge < -0.3 is 29.4 Å². The molecular weight excluding hydrogens is 722 g/mol. The molecule has 0 bridgehead atoms. The van der Waals surface area contributed by atoms with Crippen LogP contribution in [-0.2, 0) is 43.7 Å². The zero-order valence-corrected chi connectivity index (χ0v) is 34.8. The number of carboxylic acids is 1. The second-order valence-corrected chi connectivity index (χ2v) is 15.0. The molecule has 1 aliphatic carbocycles. The van der Waals surface area contributed by atoms with E-state index in [2.05, 4.69) is 13.8 Å². The lowest BCUT2D eigenvalue weighted by Gasteiger charge is -2.33. The maximum Gasteiger partial charge on any atom is 0.331 e. The lowest BCUT2D eigenvalue weighted by Crippen LogP contribution is -2.94. The van der Waals surface area contributed by atoms with Gasteiger partial charge in [0.1, 0.15) is 13.2 Å². The summed E-state index contributed by atoms with van der Waals surface area (Å²) in [5.41, 5.74) is 0.542. The predicted octanol–water partition coefficient (Wildman–Crippen LogP) is 8.00. The zero-order chi connectivity index (χ0) is 40.6. The van der Waals surface area contributed by atoms with Crippen LogP contribution < -0.4 is 10.4 Å². The van der Waals surface area contributed by atoms with E-state index >= 15 is 0 Å². The average molecular weight is 792 g/mol. The Bertz CT molecular complexity index is 1230. The Morgan fingerprint density at radius 1 is 0.745 bits per heavy atom. The Balaban J connectivity index is 0.000000773. The maximum atomic E-state index is 12.2. The van der Waals surface area contributed by atoms with Gasteiger partial charge >= 0.3 is 17.9 Å². The monoisotopic (exact) mass is 791 g/mol. The second kappa shape index (κ2) is 31.9. The molecule has 10 nitrogen and oxygen atoms in total. The van der Waals surface area contributed by atoms with Gasteiger partial charge in [-0.25, -0.2) is 4.79 Å². The highest BCUT2D eigenvalue weighted by atomic mass is 35.5. The van der Waals surface area contributed by atoms with Crippen molar-refractivity contribution in [1.82, 2.24) is 0 Å². The van der Waals surface area contributed by atoms with Crippen LogP contribution in [0.25, 0.3) is 0 Å². The van der Waals surface area contributed by atoms with Crippen molar-refractivity contribution in [3.63, 3.8) is 0 Å². The van der Waals surface area contributed by atoms with E-state index in [0.29, 0.717) is 29.4 Å². The first kappa shape index (κ1) is 49.8. The van der Waals surface area contributed by atoms with Crippen LogP contribution >= 0.6 is 11.6 Å². The Labute approximate surface area is 335 Å². The molecule has 1 saturated carbocycles. The zero-order valence-electron chi connectivity index (χ0n) is 34.1. The summed E-state index contributed by atoms with van der Waals surface area (Å²) >= 11 is 6.22. The predicted molar refractivity (Wildman–Crippen MR) is 214 cm³/mol. The summed E-state index contributed by atoms with van der Waals surface area (Å²) in [5.74, 6) is -3.00. The number of aliphatic carboxylic acids is 1. The van der Waals surface area contributed by atoms with Crippen molar-refractivity contribution >= 4 is 41.3 Å². The van der Waals surface area contributed by atoms with Gasteiger partial charge in [-0.15, -0.1) is 0 Å². The number of carbonyl (C=O) groups excluding carboxylic acids is 5. The van der Waals surface area contributed by atoms with Crippen LogP contribution in [0.1, 0.15) is 174 Å². The van der Waals surface area contributed by atoms with E-state index < -0.39 is 35.5 Å². The number of nitrogens with two attached hydrogens (primary N) is 1. The SMILES string of the molecule is CCCCCCCCCCCC(=O)OCC(COC(=O)CCCCCCCCCCC)OC(=O)/C=C/C(=O)[O-].C[NH2+]C1(c2ccccc2Cl)CCCCC1=O. The molecule has 0 aromatic heterocycles. The van der Waals surface area contributed by atoms with Gasteiger partial charge in [0.2, 0.25) is 0 Å². The van der Waals surface area contributed by atoms with Gasteiger partial charge in [0, 0.05) is 37.3 Å². The minimum absolute atomic E-state index is 0.263. The number of carbonyl (C=O) groups is 5. The molecule has 11 heteroatoms. The highest BCUT2D eigenvalue weighted by molar-refractivity contribution is 6.31. The minimum atomic E-state index is -1.54. The Morgan fingerprint density at radius 2 is 1.22 bits per heavy atom. The standard InChI is InChI=1S/C31H54O8.C13H16ClNO/c1-3-5-7-9-11-13-15-17-19-21-29(34)37-25-27(39-31(36)24-23-28(32)33)26-38-30(35)22-20-18-16-14-12-10-8-6-4-2;1-15-13(9-5-4-8-12(13)16)10-6-2-3-7-11(10)14/h23-24,27H,3-22,25-26H2,1-2H3,(H,32,33);2-3,6-7,15H,4-5,8-9H2,1H3/b24-23+;. The van der Waals surface area contributed by atoms with E-state index in [1.807, 2.05) is 36.6 Å². The number of carboxylic acid groups (broad SMARTS) is 1. The molecule has 0 heterocycles. The van der Waals surface area contributed by atoms with Crippen LogP contribution in [0.3, 0.4) is 0 Å². The number of quaternary nitrogens is 1. The van der Waals surface area contributed by atoms with Crippen molar-refractivity contribution in [2.24, 2.45) is 0 Å². The topological polar surface area (TPSA) is 153 Å². The first-order valence-corrected chi connectivity index (χ1v) is 21.5. The Morgan fingerprint density at radius 3 is 1.65 bits per heavy atom. The van der Waals surface area contributed by atoms with Crippen LogP contribution in [0.4, 0.5) is 0 Å². The quantitative estimate of drug-likeness (QED) is 0.0368. The van der Waals surface area contributed by atoms with E-state index in [1.54, 1.807) is 0 Å². The molecule has 0 saturated heterocycles. The number of benzene rings is 1. The molecule has 2 rings (SSSR count). The molecule has 1 unspecified atom stereocenters. The third-order valence-electron chi connectivity index (χ3n) is 10.0. The first-order valence-electron chi connectivity index (χ1n) is 21.1. The molecule has 55 heavy (non-hydrogen) atoms. The summed E-state index contributed by atoms with van der Waals surface area (Å²) in [4.78, 5) is 58.9. The Kier molecular flexibility index (Phi) is 28.9. The first-order chi connectivity index (χ1) is 26.6. The van der Waals surface area contributed by atoms with Gasteiger partial charge in [-0.1, -0.05) is 146 Å². The molecular formula is C44H70ClNO9. The molecule has 1 aromatic carbocycles. The average Bonchev–Trinajstić information content (AvgIpc) is 3.17. The number of unbranched alkanes of at least 4 members (excludes halogenated alkanes) is 16. The molecule has 1 atom stereocenters. The Hall–Kier alpha value is -3.24. The second-order valence-electron chi connectivity index (χ2n) is 14.6. The number of ketones is 1. The van der Waals surface area contributed by atoms with Gasteiger partial charge in [-0.2, -0.15) is 0 Å². The van der Waals surface area contributed by atoms with Crippen LogP contribution in [0, 0.1) is 0 Å². The molecule has 1 fully saturated rings. The van der Waals surface area contributed by atoms with Gasteiger partial charge in [0.05, 0.1) is 18.0 Å². The van der Waals surface area contributed by atoms with Gasteiger partial charge in [0.15, 0.2) is 17.4 Å². The van der Waals surface area contributed by atoms with Crippen LogP contribution in [0.2, 0.25) is 5.02 Å². The van der Waals surface area contributed by atoms with E-state index in [-0.39, 0.29) is 26.1 Å². The number of likely N-dealkylation sites (N-methyl/N-ethyl adjacent to an activating group) is 1. The molecule has 0 radical (unpaired) electrons. The summed E-state index contributed by atoms with van der Waals surface area (Å²) in [5, 5.41) is 13.3. The van der Waals surface area contributed by atoms with Crippen LogP contribution in [0.15, 0.2) is 36.4 Å². The van der Waals surface area contributed by atoms with Crippen LogP contribution in [-0.4, -0.2) is 56.0 Å². The van der Waals surface area contributed by atoms with Crippen molar-refractivity contribution in [2.75, 3.05) is 20.3 Å². The molecule has 312 valence electrons. The molecule has 0 spiro atoms. The molecule has 1 aromatic rings. The van der Waals surface area contributed by atoms with E-state index in [1.165, 1.54) is 77.0 Å². The van der Waals surface area contributed by atoms with Crippen molar-refractivity contribution in [2.45, 2.75) is 180 Å². The molecule has 1 aliphatic rings. The molecule has 2 N–H and O–H groups in total. The number of esters is 3. The number of hydrogen-bond donors (Lipinski definition) is 1. The fourth-order valence-electron chi connectivity index (χ4n) is 6.75. The van der Waals surface area contributed by atoms with Crippen molar-refractivity contribution < 1.29 is 48.6 Å². The summed E-state index contributed by atoms with van der Waals surface area (Å²) < 4.78 is 15.6. The number of ether oxygens (including phenoxy) is 3. The number of halogens is 1. The number of hydrogen-bond acceptors (Lipinski definition) is 9. The van der Waals surface area contributed by atoms with Crippen molar-refractivity contribution in [1.29, 1.82) is 0 Å². The highest BCUT2D eigenvalue weighted by Crippen LogP contribution is 2.34. The normalized spacial score (nSPS) is 15.4. The summed E-state index contributed by atoms with van der Waals surface area (Å²) in [7, 11) is 1.96. The summed E-state index contributed by atoms with van der Waals surface area (Å²) in [6.07, 6.45) is 24.9. The van der Waals surface area contributed by atoms with Crippen molar-refractivity contribution in [3.05, 3.63) is 47.0 Å². The largest absolute Gasteiger partial charge is 0.545 e. The smallest absolute Gasteiger partial charge is 0.331 e.